The van der Waals surface area contributed by atoms with Crippen LogP contribution in [0.4, 0.5) is 0 Å². The van der Waals surface area contributed by atoms with E-state index >= 15 is 0 Å². The minimum Gasteiger partial charge on any atom is -0.497 e. The van der Waals surface area contributed by atoms with Crippen LogP contribution in [-0.2, 0) is 18.0 Å². The lowest BCUT2D eigenvalue weighted by molar-refractivity contribution is 0.0595. The third kappa shape index (κ3) is 5.83. The third-order valence-electron chi connectivity index (χ3n) is 6.45. The minimum atomic E-state index is -0.541. The molecule has 0 saturated carbocycles. The summed E-state index contributed by atoms with van der Waals surface area (Å²) in [6.45, 7) is 2.44. The molecule has 5 rings (SSSR count). The number of rotatable bonds is 10. The van der Waals surface area contributed by atoms with Crippen molar-refractivity contribution in [2.75, 3.05) is 14.2 Å². The van der Waals surface area contributed by atoms with Gasteiger partial charge >= 0.3 is 5.97 Å². The van der Waals surface area contributed by atoms with Crippen LogP contribution in [0.3, 0.4) is 0 Å². The van der Waals surface area contributed by atoms with E-state index in [0.717, 1.165) is 28.0 Å². The highest BCUT2D eigenvalue weighted by molar-refractivity contribution is 5.96. The Balaban J connectivity index is 1.62. The van der Waals surface area contributed by atoms with Crippen LogP contribution in [0.5, 0.6) is 17.2 Å². The largest absolute Gasteiger partial charge is 0.497 e. The highest BCUT2D eigenvalue weighted by atomic mass is 16.5. The van der Waals surface area contributed by atoms with E-state index in [1.165, 1.54) is 7.11 Å². The molecule has 7 nitrogen and oxygen atoms in total. The standard InChI is InChI=1S/C33H29NO6/c1-22-31(25-14-16-26(36-2)17-15-25)32(40-34-22)27-18-28(33(35)37-3)30(39-21-24-12-8-5-9-13-24)19-29(27)38-20-23-10-6-4-7-11-23/h4-19H,20-21H2,1-3H3. The Kier molecular flexibility index (Phi) is 8.11. The molecule has 1 heterocycles. The molecule has 0 atom stereocenters. The maximum absolute atomic E-state index is 12.9. The number of hydrogen-bond acceptors (Lipinski definition) is 7. The number of aromatic nitrogens is 1. The van der Waals surface area contributed by atoms with Crippen LogP contribution in [0.25, 0.3) is 22.5 Å². The fourth-order valence-electron chi connectivity index (χ4n) is 4.37. The predicted octanol–water partition coefficient (Wildman–Crippen LogP) is 7.27. The van der Waals surface area contributed by atoms with Crippen molar-refractivity contribution in [3.05, 3.63) is 119 Å². The first-order valence-corrected chi connectivity index (χ1v) is 12.8. The van der Waals surface area contributed by atoms with Gasteiger partial charge in [0, 0.05) is 6.07 Å². The Morgan fingerprint density at radius 2 is 1.38 bits per heavy atom. The summed E-state index contributed by atoms with van der Waals surface area (Å²) in [6, 6.07) is 30.6. The average Bonchev–Trinajstić information content (AvgIpc) is 3.40. The summed E-state index contributed by atoms with van der Waals surface area (Å²) in [7, 11) is 2.96. The van der Waals surface area contributed by atoms with E-state index in [1.807, 2.05) is 91.9 Å². The Hall–Kier alpha value is -5.04. The lowest BCUT2D eigenvalue weighted by Crippen LogP contribution is -2.08. The van der Waals surface area contributed by atoms with E-state index in [-0.39, 0.29) is 12.2 Å². The summed E-state index contributed by atoms with van der Waals surface area (Å²) in [4.78, 5) is 12.9. The summed E-state index contributed by atoms with van der Waals surface area (Å²) in [6.07, 6.45) is 0. The monoisotopic (exact) mass is 535 g/mol. The Morgan fingerprint density at radius 1 is 0.775 bits per heavy atom. The molecular formula is C33H29NO6. The van der Waals surface area contributed by atoms with E-state index in [2.05, 4.69) is 5.16 Å². The molecule has 0 amide bonds. The van der Waals surface area contributed by atoms with Gasteiger partial charge in [0.2, 0.25) is 0 Å². The molecule has 0 aliphatic carbocycles. The summed E-state index contributed by atoms with van der Waals surface area (Å²) in [5, 5.41) is 4.26. The fraction of sp³-hybridized carbons (Fsp3) is 0.152. The van der Waals surface area contributed by atoms with E-state index in [4.69, 9.17) is 23.5 Å². The van der Waals surface area contributed by atoms with Crippen molar-refractivity contribution in [3.63, 3.8) is 0 Å². The van der Waals surface area contributed by atoms with E-state index in [9.17, 15) is 4.79 Å². The molecule has 4 aromatic carbocycles. The van der Waals surface area contributed by atoms with Crippen LogP contribution >= 0.6 is 0 Å². The SMILES string of the molecule is COC(=O)c1cc(-c2onc(C)c2-c2ccc(OC)cc2)c(OCc2ccccc2)cc1OCc1ccccc1. The number of benzene rings is 4. The van der Waals surface area contributed by atoms with Crippen molar-refractivity contribution < 1.29 is 28.3 Å². The number of ether oxygens (including phenoxy) is 4. The summed E-state index contributed by atoms with van der Waals surface area (Å²) in [5.74, 6) is 1.47. The van der Waals surface area contributed by atoms with Crippen molar-refractivity contribution in [3.8, 4) is 39.7 Å². The topological polar surface area (TPSA) is 80.0 Å². The van der Waals surface area contributed by atoms with Gasteiger partial charge in [0.25, 0.3) is 0 Å². The molecule has 0 N–H and O–H groups in total. The molecule has 0 aliphatic heterocycles. The molecule has 0 bridgehead atoms. The maximum atomic E-state index is 12.9. The molecule has 7 heteroatoms. The van der Waals surface area contributed by atoms with Crippen LogP contribution in [0.15, 0.2) is 102 Å². The highest BCUT2D eigenvalue weighted by Crippen LogP contribution is 2.43. The number of esters is 1. The van der Waals surface area contributed by atoms with Gasteiger partial charge in [0.05, 0.1) is 31.0 Å². The van der Waals surface area contributed by atoms with Gasteiger partial charge in [-0.05, 0) is 41.8 Å². The first kappa shape index (κ1) is 26.6. The third-order valence-corrected chi connectivity index (χ3v) is 6.45. The van der Waals surface area contributed by atoms with Crippen LogP contribution in [-0.4, -0.2) is 25.3 Å². The molecule has 5 aromatic rings. The quantitative estimate of drug-likeness (QED) is 0.174. The van der Waals surface area contributed by atoms with Crippen LogP contribution < -0.4 is 14.2 Å². The van der Waals surface area contributed by atoms with E-state index in [0.29, 0.717) is 35.1 Å². The highest BCUT2D eigenvalue weighted by Gasteiger charge is 2.25. The molecule has 0 unspecified atom stereocenters. The number of carbonyl (C=O) groups excluding carboxylic acids is 1. The average molecular weight is 536 g/mol. The zero-order valence-electron chi connectivity index (χ0n) is 22.5. The second kappa shape index (κ2) is 12.2. The minimum absolute atomic E-state index is 0.246. The molecule has 0 radical (unpaired) electrons. The van der Waals surface area contributed by atoms with Gasteiger partial charge in [0.15, 0.2) is 5.76 Å². The summed E-state index contributed by atoms with van der Waals surface area (Å²) >= 11 is 0. The number of aryl methyl sites for hydroxylation is 1. The second-order valence-corrected chi connectivity index (χ2v) is 9.09. The first-order valence-electron chi connectivity index (χ1n) is 12.8. The maximum Gasteiger partial charge on any atom is 0.341 e. The smallest absolute Gasteiger partial charge is 0.341 e. The number of nitrogens with zero attached hydrogens (tertiary/aromatic N) is 1. The van der Waals surface area contributed by atoms with Gasteiger partial charge in [-0.15, -0.1) is 0 Å². The lowest BCUT2D eigenvalue weighted by Gasteiger charge is -2.17. The van der Waals surface area contributed by atoms with Crippen LogP contribution in [0.1, 0.15) is 27.2 Å². The van der Waals surface area contributed by atoms with Gasteiger partial charge in [0.1, 0.15) is 36.0 Å². The van der Waals surface area contributed by atoms with Crippen molar-refractivity contribution in [2.45, 2.75) is 20.1 Å². The Morgan fingerprint density at radius 3 is 1.95 bits per heavy atom. The number of carbonyl (C=O) groups is 1. The summed E-state index contributed by atoms with van der Waals surface area (Å²) < 4.78 is 28.8. The Labute approximate surface area is 232 Å². The van der Waals surface area contributed by atoms with E-state index < -0.39 is 5.97 Å². The predicted molar refractivity (Wildman–Crippen MR) is 152 cm³/mol. The van der Waals surface area contributed by atoms with Gasteiger partial charge in [-0.2, -0.15) is 0 Å². The normalized spacial score (nSPS) is 10.7. The zero-order chi connectivity index (χ0) is 27.9. The molecule has 0 saturated heterocycles. The second-order valence-electron chi connectivity index (χ2n) is 9.09. The zero-order valence-corrected chi connectivity index (χ0v) is 22.5. The molecule has 1 aromatic heterocycles. The molecular weight excluding hydrogens is 506 g/mol. The van der Waals surface area contributed by atoms with Gasteiger partial charge in [-0.1, -0.05) is 78.0 Å². The lowest BCUT2D eigenvalue weighted by atomic mass is 9.97. The van der Waals surface area contributed by atoms with Crippen LogP contribution in [0.2, 0.25) is 0 Å². The van der Waals surface area contributed by atoms with Crippen LogP contribution in [0, 0.1) is 6.92 Å². The van der Waals surface area contributed by atoms with Crippen molar-refractivity contribution in [1.29, 1.82) is 0 Å². The first-order chi connectivity index (χ1) is 19.6. The van der Waals surface area contributed by atoms with Gasteiger partial charge in [-0.3, -0.25) is 0 Å². The Bertz CT molecular complexity index is 1580. The van der Waals surface area contributed by atoms with E-state index in [1.54, 1.807) is 19.2 Å². The molecule has 0 fully saturated rings. The van der Waals surface area contributed by atoms with Gasteiger partial charge in [-0.25, -0.2) is 4.79 Å². The molecule has 0 aliphatic rings. The molecule has 0 spiro atoms. The van der Waals surface area contributed by atoms with Crippen molar-refractivity contribution >= 4 is 5.97 Å². The van der Waals surface area contributed by atoms with Gasteiger partial charge < -0.3 is 23.5 Å². The fourth-order valence-corrected chi connectivity index (χ4v) is 4.37. The number of methoxy groups -OCH3 is 2. The summed E-state index contributed by atoms with van der Waals surface area (Å²) in [5.41, 5.74) is 5.10. The van der Waals surface area contributed by atoms with Crippen molar-refractivity contribution in [1.82, 2.24) is 5.16 Å². The van der Waals surface area contributed by atoms with Crippen molar-refractivity contribution in [2.24, 2.45) is 0 Å². The molecule has 202 valence electrons. The number of hydrogen-bond donors (Lipinski definition) is 0. The molecule has 40 heavy (non-hydrogen) atoms.